The van der Waals surface area contributed by atoms with Gasteiger partial charge in [-0.3, -0.25) is 0 Å². The van der Waals surface area contributed by atoms with Crippen molar-refractivity contribution in [3.8, 4) is 44.9 Å². The van der Waals surface area contributed by atoms with Gasteiger partial charge in [-0.15, -0.1) is 0 Å². The van der Waals surface area contributed by atoms with Crippen LogP contribution in [-0.2, 0) is 0 Å². The van der Waals surface area contributed by atoms with Crippen LogP contribution in [0.3, 0.4) is 0 Å². The number of hydrogen-bond donors (Lipinski definition) is 0. The second-order valence-corrected chi connectivity index (χ2v) is 10.6. The predicted molar refractivity (Wildman–Crippen MR) is 176 cm³/mol. The normalized spacial score (nSPS) is 11.3. The predicted octanol–water partition coefficient (Wildman–Crippen LogP) is 10.6. The van der Waals surface area contributed by atoms with Crippen LogP contribution >= 0.6 is 0 Å². The van der Waals surface area contributed by atoms with Crippen molar-refractivity contribution in [1.29, 1.82) is 0 Å². The Morgan fingerprint density at radius 1 is 0.333 bits per heavy atom. The van der Waals surface area contributed by atoms with Gasteiger partial charge in [-0.2, -0.15) is 0 Å². The lowest BCUT2D eigenvalue weighted by atomic mass is 9.91. The van der Waals surface area contributed by atoms with Gasteiger partial charge < -0.3 is 0 Å². The Hall–Kier alpha value is -5.60. The van der Waals surface area contributed by atoms with Crippen molar-refractivity contribution in [2.24, 2.45) is 0 Å². The van der Waals surface area contributed by atoms with Crippen LogP contribution in [0.2, 0.25) is 0 Å². The Morgan fingerprint density at radius 2 is 0.905 bits per heavy atom. The zero-order valence-corrected chi connectivity index (χ0v) is 22.9. The first-order valence-electron chi connectivity index (χ1n) is 14.3. The van der Waals surface area contributed by atoms with Crippen molar-refractivity contribution in [3.63, 3.8) is 0 Å². The van der Waals surface area contributed by atoms with Crippen molar-refractivity contribution >= 4 is 32.4 Å². The molecule has 8 rings (SSSR count). The van der Waals surface area contributed by atoms with Crippen LogP contribution in [0, 0.1) is 0 Å². The molecular formula is C40H26N2. The summed E-state index contributed by atoms with van der Waals surface area (Å²) >= 11 is 0. The third-order valence-electron chi connectivity index (χ3n) is 8.06. The summed E-state index contributed by atoms with van der Waals surface area (Å²) in [6, 6.07) is 55.6. The van der Waals surface area contributed by atoms with Gasteiger partial charge in [0.2, 0.25) is 0 Å². The maximum Gasteiger partial charge on any atom is 0.160 e. The largest absolute Gasteiger partial charge is 0.227 e. The number of nitrogens with zero attached hydrogens (tertiary/aromatic N) is 2. The molecule has 0 aliphatic heterocycles. The van der Waals surface area contributed by atoms with E-state index >= 15 is 0 Å². The monoisotopic (exact) mass is 534 g/mol. The van der Waals surface area contributed by atoms with Crippen LogP contribution in [-0.4, -0.2) is 9.97 Å². The van der Waals surface area contributed by atoms with Crippen molar-refractivity contribution in [3.05, 3.63) is 158 Å². The zero-order valence-electron chi connectivity index (χ0n) is 22.9. The number of fused-ring (bicyclic) bond motifs is 4. The van der Waals surface area contributed by atoms with Crippen molar-refractivity contribution in [1.82, 2.24) is 9.97 Å². The van der Waals surface area contributed by atoms with Gasteiger partial charge >= 0.3 is 0 Å². The number of benzene rings is 7. The molecule has 8 aromatic rings. The zero-order chi connectivity index (χ0) is 27.9. The third-order valence-corrected chi connectivity index (χ3v) is 8.06. The lowest BCUT2D eigenvalue weighted by Crippen LogP contribution is -1.97. The summed E-state index contributed by atoms with van der Waals surface area (Å²) in [6.45, 7) is 0. The van der Waals surface area contributed by atoms with Crippen molar-refractivity contribution in [2.75, 3.05) is 0 Å². The van der Waals surface area contributed by atoms with Crippen LogP contribution in [0.4, 0.5) is 0 Å². The number of hydrogen-bond acceptors (Lipinski definition) is 2. The highest BCUT2D eigenvalue weighted by atomic mass is 14.9. The maximum absolute atomic E-state index is 5.18. The molecule has 0 saturated carbocycles. The van der Waals surface area contributed by atoms with Gasteiger partial charge in [-0.25, -0.2) is 9.97 Å². The molecule has 0 saturated heterocycles. The minimum Gasteiger partial charge on any atom is -0.227 e. The molecule has 2 heteroatoms. The lowest BCUT2D eigenvalue weighted by Gasteiger charge is -2.16. The standard InChI is InChI=1S/C40H26N2/c1-3-14-28(15-4-1)38-37-26-36(31-20-11-19-30(25-31)33-24-12-18-27-13-7-8-21-32(27)33)34-22-9-10-23-35(34)39(37)42-40(41-38)29-16-5-2-6-17-29/h1-26H. The van der Waals surface area contributed by atoms with E-state index in [0.717, 1.165) is 38.9 Å². The molecule has 2 nitrogen and oxygen atoms in total. The minimum absolute atomic E-state index is 0.734. The number of rotatable bonds is 4. The Labute approximate surface area is 244 Å². The Balaban J connectivity index is 1.41. The Morgan fingerprint density at radius 3 is 1.69 bits per heavy atom. The topological polar surface area (TPSA) is 25.8 Å². The summed E-state index contributed by atoms with van der Waals surface area (Å²) in [5.41, 5.74) is 8.77. The molecule has 0 spiro atoms. The highest BCUT2D eigenvalue weighted by Crippen LogP contribution is 2.40. The van der Waals surface area contributed by atoms with Gasteiger partial charge in [0.1, 0.15) is 0 Å². The SMILES string of the molecule is c1ccc(-c2nc(-c3ccccc3)c3cc(-c4cccc(-c5cccc6ccccc56)c4)c4ccccc4c3n2)cc1. The van der Waals surface area contributed by atoms with Gasteiger partial charge in [-0.1, -0.05) is 146 Å². The molecule has 0 aliphatic carbocycles. The fourth-order valence-electron chi connectivity index (χ4n) is 6.06. The molecule has 1 aromatic heterocycles. The van der Waals surface area contributed by atoms with E-state index < -0.39 is 0 Å². The molecular weight excluding hydrogens is 508 g/mol. The molecule has 0 unspecified atom stereocenters. The molecule has 1 heterocycles. The summed E-state index contributed by atoms with van der Waals surface area (Å²) in [6.07, 6.45) is 0. The van der Waals surface area contributed by atoms with Gasteiger partial charge in [0, 0.05) is 21.9 Å². The average Bonchev–Trinajstić information content (AvgIpc) is 3.08. The molecule has 0 fully saturated rings. The highest BCUT2D eigenvalue weighted by Gasteiger charge is 2.17. The quantitative estimate of drug-likeness (QED) is 0.210. The molecule has 0 N–H and O–H groups in total. The Bertz CT molecular complexity index is 2230. The van der Waals surface area contributed by atoms with Crippen LogP contribution in [0.5, 0.6) is 0 Å². The third kappa shape index (κ3) is 4.13. The highest BCUT2D eigenvalue weighted by molar-refractivity contribution is 6.15. The fraction of sp³-hybridized carbons (Fsp3) is 0. The van der Waals surface area contributed by atoms with Gasteiger partial charge in [0.05, 0.1) is 11.2 Å². The first kappa shape index (κ1) is 24.2. The van der Waals surface area contributed by atoms with E-state index in [0.29, 0.717) is 0 Å². The van der Waals surface area contributed by atoms with Gasteiger partial charge in [0.15, 0.2) is 5.82 Å². The van der Waals surface area contributed by atoms with E-state index in [1.54, 1.807) is 0 Å². The molecule has 7 aromatic carbocycles. The van der Waals surface area contributed by atoms with E-state index in [2.05, 4.69) is 133 Å². The first-order valence-corrected chi connectivity index (χ1v) is 14.3. The number of aromatic nitrogens is 2. The average molecular weight is 535 g/mol. The van der Waals surface area contributed by atoms with E-state index in [-0.39, 0.29) is 0 Å². The van der Waals surface area contributed by atoms with E-state index in [1.165, 1.54) is 38.4 Å². The summed E-state index contributed by atoms with van der Waals surface area (Å²) in [5.74, 6) is 0.734. The second-order valence-electron chi connectivity index (χ2n) is 10.6. The Kier molecular flexibility index (Phi) is 5.82. The van der Waals surface area contributed by atoms with Crippen LogP contribution in [0.25, 0.3) is 77.3 Å². The van der Waals surface area contributed by atoms with E-state index in [1.807, 2.05) is 24.3 Å². The summed E-state index contributed by atoms with van der Waals surface area (Å²) in [5, 5.41) is 5.85. The van der Waals surface area contributed by atoms with Crippen molar-refractivity contribution in [2.45, 2.75) is 0 Å². The van der Waals surface area contributed by atoms with Gasteiger partial charge in [-0.05, 0) is 50.5 Å². The summed E-state index contributed by atoms with van der Waals surface area (Å²) in [7, 11) is 0. The molecule has 0 amide bonds. The van der Waals surface area contributed by atoms with E-state index in [9.17, 15) is 0 Å². The van der Waals surface area contributed by atoms with Crippen LogP contribution in [0.15, 0.2) is 158 Å². The summed E-state index contributed by atoms with van der Waals surface area (Å²) < 4.78 is 0. The molecule has 196 valence electrons. The van der Waals surface area contributed by atoms with Crippen LogP contribution < -0.4 is 0 Å². The van der Waals surface area contributed by atoms with E-state index in [4.69, 9.17) is 9.97 Å². The smallest absolute Gasteiger partial charge is 0.160 e. The maximum atomic E-state index is 5.18. The second kappa shape index (κ2) is 10.1. The lowest BCUT2D eigenvalue weighted by molar-refractivity contribution is 1.23. The first-order chi connectivity index (χ1) is 20.8. The van der Waals surface area contributed by atoms with Gasteiger partial charge in [0.25, 0.3) is 0 Å². The molecule has 0 atom stereocenters. The fourth-order valence-corrected chi connectivity index (χ4v) is 6.06. The minimum atomic E-state index is 0.734. The molecule has 42 heavy (non-hydrogen) atoms. The molecule has 0 radical (unpaired) electrons. The molecule has 0 bridgehead atoms. The van der Waals surface area contributed by atoms with Crippen molar-refractivity contribution < 1.29 is 0 Å². The van der Waals surface area contributed by atoms with Crippen LogP contribution in [0.1, 0.15) is 0 Å². The summed E-state index contributed by atoms with van der Waals surface area (Å²) in [4.78, 5) is 10.4. The molecule has 0 aliphatic rings.